The molecule has 9 heteroatoms. The van der Waals surface area contributed by atoms with Gasteiger partial charge in [0.05, 0.1) is 17.3 Å². The second kappa shape index (κ2) is 8.46. The van der Waals surface area contributed by atoms with Crippen LogP contribution in [0.1, 0.15) is 36.7 Å². The van der Waals surface area contributed by atoms with E-state index in [0.29, 0.717) is 17.5 Å². The van der Waals surface area contributed by atoms with Gasteiger partial charge in [0, 0.05) is 26.1 Å². The number of thiazole rings is 1. The van der Waals surface area contributed by atoms with E-state index in [4.69, 9.17) is 9.72 Å². The van der Waals surface area contributed by atoms with Gasteiger partial charge in [-0.15, -0.1) is 10.2 Å². The molecule has 1 aliphatic heterocycles. The van der Waals surface area contributed by atoms with Gasteiger partial charge in [-0.25, -0.2) is 4.98 Å². The lowest BCUT2D eigenvalue weighted by atomic mass is 10.3. The zero-order valence-electron chi connectivity index (χ0n) is 17.1. The number of rotatable bonds is 8. The summed E-state index contributed by atoms with van der Waals surface area (Å²) in [7, 11) is 1.65. The lowest BCUT2D eigenvalue weighted by Gasteiger charge is -2.24. The lowest BCUT2D eigenvalue weighted by molar-refractivity contribution is 0.0969. The molecule has 0 bridgehead atoms. The van der Waals surface area contributed by atoms with Crippen molar-refractivity contribution in [3.63, 3.8) is 0 Å². The number of nitrogens with zero attached hydrogens (tertiary/aromatic N) is 6. The molecule has 4 rings (SSSR count). The van der Waals surface area contributed by atoms with Gasteiger partial charge in [-0.1, -0.05) is 25.2 Å². The van der Waals surface area contributed by atoms with Gasteiger partial charge in [-0.2, -0.15) is 0 Å². The van der Waals surface area contributed by atoms with E-state index in [1.54, 1.807) is 12.0 Å². The summed E-state index contributed by atoms with van der Waals surface area (Å²) >= 11 is 1.50. The quantitative estimate of drug-likeness (QED) is 0.564. The van der Waals surface area contributed by atoms with Crippen LogP contribution in [-0.4, -0.2) is 63.8 Å². The molecular formula is C20H26N6O2S. The number of likely N-dealkylation sites (N-methyl/N-ethyl adjacent to an activating group) is 1. The van der Waals surface area contributed by atoms with Crippen LogP contribution in [-0.2, 0) is 13.0 Å². The Balaban J connectivity index is 1.68. The van der Waals surface area contributed by atoms with E-state index >= 15 is 0 Å². The van der Waals surface area contributed by atoms with E-state index in [1.807, 2.05) is 22.8 Å². The number of methoxy groups -OCH3 is 1. The fourth-order valence-corrected chi connectivity index (χ4v) is 4.65. The van der Waals surface area contributed by atoms with Crippen LogP contribution in [0.5, 0.6) is 5.75 Å². The highest BCUT2D eigenvalue weighted by atomic mass is 32.1. The average molecular weight is 415 g/mol. The zero-order valence-corrected chi connectivity index (χ0v) is 17.9. The van der Waals surface area contributed by atoms with Gasteiger partial charge in [0.25, 0.3) is 5.91 Å². The molecule has 0 saturated carbocycles. The number of aromatic nitrogens is 4. The predicted molar refractivity (Wildman–Crippen MR) is 114 cm³/mol. The number of fused-ring (bicyclic) bond motifs is 2. The molecule has 0 atom stereocenters. The van der Waals surface area contributed by atoms with Crippen molar-refractivity contribution in [2.24, 2.45) is 0 Å². The highest BCUT2D eigenvalue weighted by Gasteiger charge is 2.29. The standard InChI is InChI=1S/C20H26N6O2S/c1-4-24(5-2)11-12-26(19(27)18-23-22-17-7-6-10-25(17)18)20-21-15-9-8-14(28-3)13-16(15)29-20/h8-9,13H,4-7,10-12H2,1-3H3. The zero-order chi connectivity index (χ0) is 20.4. The van der Waals surface area contributed by atoms with E-state index < -0.39 is 0 Å². The molecule has 0 aliphatic carbocycles. The molecule has 0 fully saturated rings. The third kappa shape index (κ3) is 3.84. The minimum absolute atomic E-state index is 0.135. The molecule has 154 valence electrons. The second-order valence-electron chi connectivity index (χ2n) is 7.01. The van der Waals surface area contributed by atoms with Crippen LogP contribution >= 0.6 is 11.3 Å². The third-order valence-corrected chi connectivity index (χ3v) is 6.44. The SMILES string of the molecule is CCN(CC)CCN(C(=O)c1nnc2n1CCC2)c1nc2ccc(OC)cc2s1. The van der Waals surface area contributed by atoms with Gasteiger partial charge in [-0.05, 0) is 37.7 Å². The van der Waals surface area contributed by atoms with Crippen LogP contribution in [0.4, 0.5) is 5.13 Å². The summed E-state index contributed by atoms with van der Waals surface area (Å²) in [4.78, 5) is 22.3. The Morgan fingerprint density at radius 3 is 2.83 bits per heavy atom. The summed E-state index contributed by atoms with van der Waals surface area (Å²) in [6.07, 6.45) is 1.88. The van der Waals surface area contributed by atoms with Crippen LogP contribution in [0.25, 0.3) is 10.2 Å². The highest BCUT2D eigenvalue weighted by molar-refractivity contribution is 7.22. The number of amides is 1. The van der Waals surface area contributed by atoms with Crippen molar-refractivity contribution in [1.82, 2.24) is 24.6 Å². The number of hydrogen-bond acceptors (Lipinski definition) is 7. The smallest absolute Gasteiger partial charge is 0.298 e. The number of carbonyl (C=O) groups excluding carboxylic acids is 1. The van der Waals surface area contributed by atoms with E-state index in [-0.39, 0.29) is 5.91 Å². The molecule has 0 saturated heterocycles. The number of ether oxygens (including phenoxy) is 1. The maximum absolute atomic E-state index is 13.5. The van der Waals surface area contributed by atoms with Crippen LogP contribution in [0.15, 0.2) is 18.2 Å². The third-order valence-electron chi connectivity index (χ3n) is 5.40. The van der Waals surface area contributed by atoms with Crippen molar-refractivity contribution in [1.29, 1.82) is 0 Å². The van der Waals surface area contributed by atoms with E-state index in [0.717, 1.165) is 60.8 Å². The Morgan fingerprint density at radius 1 is 1.24 bits per heavy atom. The molecule has 3 heterocycles. The Morgan fingerprint density at radius 2 is 2.07 bits per heavy atom. The van der Waals surface area contributed by atoms with E-state index in [1.165, 1.54) is 11.3 Å². The molecule has 0 unspecified atom stereocenters. The topological polar surface area (TPSA) is 76.4 Å². The van der Waals surface area contributed by atoms with Gasteiger partial charge >= 0.3 is 0 Å². The first-order valence-electron chi connectivity index (χ1n) is 10.1. The summed E-state index contributed by atoms with van der Waals surface area (Å²) in [5, 5.41) is 9.09. The maximum Gasteiger partial charge on any atom is 0.298 e. The van der Waals surface area contributed by atoms with Gasteiger partial charge in [0.2, 0.25) is 5.82 Å². The van der Waals surface area contributed by atoms with Crippen molar-refractivity contribution in [2.45, 2.75) is 33.2 Å². The van der Waals surface area contributed by atoms with Crippen LogP contribution in [0.2, 0.25) is 0 Å². The highest BCUT2D eigenvalue weighted by Crippen LogP contribution is 2.32. The Bertz CT molecular complexity index is 1010. The normalized spacial score (nSPS) is 13.2. The molecule has 1 amide bonds. The molecule has 2 aromatic heterocycles. The Kier molecular flexibility index (Phi) is 5.77. The minimum atomic E-state index is -0.135. The largest absolute Gasteiger partial charge is 0.497 e. The van der Waals surface area contributed by atoms with Crippen molar-refractivity contribution < 1.29 is 9.53 Å². The fourth-order valence-electron chi connectivity index (χ4n) is 3.63. The summed E-state index contributed by atoms with van der Waals surface area (Å²) in [6.45, 7) is 8.27. The number of aryl methyl sites for hydroxylation is 1. The molecule has 8 nitrogen and oxygen atoms in total. The fraction of sp³-hybridized carbons (Fsp3) is 0.500. The first kappa shape index (κ1) is 19.8. The van der Waals surface area contributed by atoms with E-state index in [2.05, 4.69) is 28.9 Å². The number of benzene rings is 1. The summed E-state index contributed by atoms with van der Waals surface area (Å²) in [6, 6.07) is 5.77. The van der Waals surface area contributed by atoms with Crippen molar-refractivity contribution >= 4 is 32.6 Å². The first-order chi connectivity index (χ1) is 14.1. The van der Waals surface area contributed by atoms with Crippen molar-refractivity contribution in [2.75, 3.05) is 38.2 Å². The predicted octanol–water partition coefficient (Wildman–Crippen LogP) is 2.83. The lowest BCUT2D eigenvalue weighted by Crippen LogP contribution is -2.40. The van der Waals surface area contributed by atoms with Gasteiger partial charge in [0.15, 0.2) is 5.13 Å². The number of carbonyl (C=O) groups is 1. The number of anilines is 1. The Hall–Kier alpha value is -2.52. The van der Waals surface area contributed by atoms with Crippen molar-refractivity contribution in [3.8, 4) is 5.75 Å². The molecule has 0 radical (unpaired) electrons. The molecule has 1 aromatic carbocycles. The van der Waals surface area contributed by atoms with Gasteiger partial charge < -0.3 is 14.2 Å². The van der Waals surface area contributed by atoms with Gasteiger partial charge in [0.1, 0.15) is 11.6 Å². The van der Waals surface area contributed by atoms with Crippen LogP contribution in [0, 0.1) is 0 Å². The summed E-state index contributed by atoms with van der Waals surface area (Å²) in [5.74, 6) is 1.95. The van der Waals surface area contributed by atoms with Gasteiger partial charge in [-0.3, -0.25) is 9.69 Å². The van der Waals surface area contributed by atoms with Crippen LogP contribution < -0.4 is 9.64 Å². The molecule has 3 aromatic rings. The minimum Gasteiger partial charge on any atom is -0.497 e. The average Bonchev–Trinajstić information content (AvgIpc) is 3.45. The molecule has 29 heavy (non-hydrogen) atoms. The second-order valence-corrected chi connectivity index (χ2v) is 8.02. The molecule has 1 aliphatic rings. The molecule has 0 spiro atoms. The summed E-state index contributed by atoms with van der Waals surface area (Å²) < 4.78 is 8.27. The van der Waals surface area contributed by atoms with E-state index in [9.17, 15) is 4.79 Å². The Labute approximate surface area is 174 Å². The molecule has 0 N–H and O–H groups in total. The van der Waals surface area contributed by atoms with Crippen LogP contribution in [0.3, 0.4) is 0 Å². The monoisotopic (exact) mass is 414 g/mol. The summed E-state index contributed by atoms with van der Waals surface area (Å²) in [5.41, 5.74) is 0.859. The first-order valence-corrected chi connectivity index (χ1v) is 10.9. The molecular weight excluding hydrogens is 388 g/mol. The maximum atomic E-state index is 13.5. The number of hydrogen-bond donors (Lipinski definition) is 0. The van der Waals surface area contributed by atoms with Crippen molar-refractivity contribution in [3.05, 3.63) is 29.8 Å².